The topological polar surface area (TPSA) is 59.8 Å². The SMILES string of the molecule is Cn1nc(C(F)(F)F)cc1NC(=O)c1ccc2cc(-c3ccccc3)cnc2c1. The van der Waals surface area contributed by atoms with Gasteiger partial charge >= 0.3 is 6.18 Å². The number of benzene rings is 2. The summed E-state index contributed by atoms with van der Waals surface area (Å²) in [5.41, 5.74) is 1.81. The molecule has 1 amide bonds. The molecule has 0 radical (unpaired) electrons. The Morgan fingerprint density at radius 2 is 1.76 bits per heavy atom. The third-order valence-electron chi connectivity index (χ3n) is 4.47. The first-order chi connectivity index (χ1) is 13.8. The number of rotatable bonds is 3. The first-order valence-electron chi connectivity index (χ1n) is 8.69. The Balaban J connectivity index is 1.60. The quantitative estimate of drug-likeness (QED) is 0.536. The van der Waals surface area contributed by atoms with E-state index in [9.17, 15) is 18.0 Å². The van der Waals surface area contributed by atoms with E-state index in [1.807, 2.05) is 36.4 Å². The molecule has 4 aromatic rings. The molecule has 8 heteroatoms. The monoisotopic (exact) mass is 396 g/mol. The van der Waals surface area contributed by atoms with Gasteiger partial charge in [0.05, 0.1) is 5.52 Å². The summed E-state index contributed by atoms with van der Waals surface area (Å²) in [5, 5.41) is 6.69. The van der Waals surface area contributed by atoms with Crippen LogP contribution in [0.3, 0.4) is 0 Å². The molecule has 1 N–H and O–H groups in total. The Kier molecular flexibility index (Phi) is 4.54. The molecule has 0 aliphatic rings. The lowest BCUT2D eigenvalue weighted by Crippen LogP contribution is -2.14. The Morgan fingerprint density at radius 1 is 1.00 bits per heavy atom. The predicted octanol–water partition coefficient (Wildman–Crippen LogP) is 4.91. The van der Waals surface area contributed by atoms with Gasteiger partial charge < -0.3 is 5.32 Å². The molecular weight excluding hydrogens is 381 g/mol. The van der Waals surface area contributed by atoms with Gasteiger partial charge in [-0.15, -0.1) is 0 Å². The average Bonchev–Trinajstić information content (AvgIpc) is 3.08. The predicted molar refractivity (Wildman–Crippen MR) is 103 cm³/mol. The number of hydrogen-bond acceptors (Lipinski definition) is 3. The summed E-state index contributed by atoms with van der Waals surface area (Å²) >= 11 is 0. The zero-order valence-corrected chi connectivity index (χ0v) is 15.2. The van der Waals surface area contributed by atoms with Crippen LogP contribution in [0.2, 0.25) is 0 Å². The Bertz CT molecular complexity index is 1200. The molecule has 4 rings (SSSR count). The van der Waals surface area contributed by atoms with Crippen LogP contribution < -0.4 is 5.32 Å². The van der Waals surface area contributed by atoms with Crippen LogP contribution in [-0.4, -0.2) is 20.7 Å². The molecule has 0 unspecified atom stereocenters. The van der Waals surface area contributed by atoms with Crippen LogP contribution >= 0.6 is 0 Å². The van der Waals surface area contributed by atoms with Crippen LogP contribution in [-0.2, 0) is 13.2 Å². The van der Waals surface area contributed by atoms with Gasteiger partial charge in [0.25, 0.3) is 5.91 Å². The van der Waals surface area contributed by atoms with Gasteiger partial charge in [-0.3, -0.25) is 14.5 Å². The number of nitrogens with zero attached hydrogens (tertiary/aromatic N) is 3. The number of fused-ring (bicyclic) bond motifs is 1. The minimum atomic E-state index is -4.58. The Morgan fingerprint density at radius 3 is 2.45 bits per heavy atom. The van der Waals surface area contributed by atoms with Crippen molar-refractivity contribution in [3.05, 3.63) is 78.1 Å². The molecule has 0 bridgehead atoms. The molecule has 0 aliphatic carbocycles. The van der Waals surface area contributed by atoms with E-state index in [0.29, 0.717) is 5.52 Å². The second kappa shape index (κ2) is 7.05. The maximum Gasteiger partial charge on any atom is 0.435 e. The fourth-order valence-electron chi connectivity index (χ4n) is 2.96. The number of alkyl halides is 3. The lowest BCUT2D eigenvalue weighted by molar-refractivity contribution is -0.141. The summed E-state index contributed by atoms with van der Waals surface area (Å²) in [6.07, 6.45) is -2.86. The first kappa shape index (κ1) is 18.7. The van der Waals surface area contributed by atoms with E-state index in [1.165, 1.54) is 7.05 Å². The first-order valence-corrected chi connectivity index (χ1v) is 8.69. The molecule has 2 aromatic carbocycles. The zero-order chi connectivity index (χ0) is 20.6. The maximum atomic E-state index is 12.8. The van der Waals surface area contributed by atoms with Crippen molar-refractivity contribution in [2.45, 2.75) is 6.18 Å². The molecule has 146 valence electrons. The number of nitrogens with one attached hydrogen (secondary N) is 1. The van der Waals surface area contributed by atoms with E-state index in [4.69, 9.17) is 0 Å². The minimum Gasteiger partial charge on any atom is -0.307 e. The lowest BCUT2D eigenvalue weighted by atomic mass is 10.0. The van der Waals surface area contributed by atoms with Crippen LogP contribution in [0.1, 0.15) is 16.1 Å². The summed E-state index contributed by atoms with van der Waals surface area (Å²) in [4.78, 5) is 16.9. The highest BCUT2D eigenvalue weighted by Gasteiger charge is 2.34. The summed E-state index contributed by atoms with van der Waals surface area (Å²) < 4.78 is 39.3. The van der Waals surface area contributed by atoms with Crippen LogP contribution in [0.25, 0.3) is 22.0 Å². The lowest BCUT2D eigenvalue weighted by Gasteiger charge is -2.07. The van der Waals surface area contributed by atoms with Crippen LogP contribution in [0.5, 0.6) is 0 Å². The van der Waals surface area contributed by atoms with E-state index >= 15 is 0 Å². The summed E-state index contributed by atoms with van der Waals surface area (Å²) in [6, 6.07) is 17.5. The molecular formula is C21H15F3N4O. The Hall–Kier alpha value is -3.68. The van der Waals surface area contributed by atoms with Crippen LogP contribution in [0, 0.1) is 0 Å². The van der Waals surface area contributed by atoms with Crippen molar-refractivity contribution in [3.63, 3.8) is 0 Å². The largest absolute Gasteiger partial charge is 0.435 e. The highest BCUT2D eigenvalue weighted by atomic mass is 19.4. The smallest absolute Gasteiger partial charge is 0.307 e. The normalized spacial score (nSPS) is 11.6. The number of anilines is 1. The number of carbonyl (C=O) groups is 1. The van der Waals surface area contributed by atoms with E-state index in [2.05, 4.69) is 15.4 Å². The van der Waals surface area contributed by atoms with Gasteiger partial charge in [0.15, 0.2) is 5.69 Å². The van der Waals surface area contributed by atoms with E-state index in [0.717, 1.165) is 27.3 Å². The van der Waals surface area contributed by atoms with E-state index in [1.54, 1.807) is 24.4 Å². The van der Waals surface area contributed by atoms with E-state index < -0.39 is 17.8 Å². The highest BCUT2D eigenvalue weighted by Crippen LogP contribution is 2.30. The van der Waals surface area contributed by atoms with Gasteiger partial charge in [0, 0.05) is 35.8 Å². The van der Waals surface area contributed by atoms with Crippen LogP contribution in [0.15, 0.2) is 66.9 Å². The molecule has 2 heterocycles. The van der Waals surface area contributed by atoms with Crippen molar-refractivity contribution < 1.29 is 18.0 Å². The van der Waals surface area contributed by atoms with Crippen molar-refractivity contribution in [3.8, 4) is 11.1 Å². The molecule has 0 atom stereocenters. The molecule has 0 saturated carbocycles. The number of amides is 1. The number of halogens is 3. The second-order valence-corrected chi connectivity index (χ2v) is 6.49. The van der Waals surface area contributed by atoms with Gasteiger partial charge in [-0.2, -0.15) is 18.3 Å². The molecule has 29 heavy (non-hydrogen) atoms. The van der Waals surface area contributed by atoms with Gasteiger partial charge in [-0.1, -0.05) is 36.4 Å². The molecule has 0 spiro atoms. The summed E-state index contributed by atoms with van der Waals surface area (Å²) in [7, 11) is 1.33. The molecule has 0 saturated heterocycles. The van der Waals surface area contributed by atoms with Crippen molar-refractivity contribution in [1.29, 1.82) is 0 Å². The van der Waals surface area contributed by atoms with Crippen molar-refractivity contribution in [2.75, 3.05) is 5.32 Å². The van der Waals surface area contributed by atoms with Gasteiger partial charge in [0.1, 0.15) is 5.82 Å². The van der Waals surface area contributed by atoms with Crippen molar-refractivity contribution >= 4 is 22.6 Å². The minimum absolute atomic E-state index is 0.0465. The second-order valence-electron chi connectivity index (χ2n) is 6.49. The Labute approximate surface area is 163 Å². The average molecular weight is 396 g/mol. The van der Waals surface area contributed by atoms with Crippen LogP contribution in [0.4, 0.5) is 19.0 Å². The standard InChI is InChI=1S/C21H15F3N4O/c1-28-19(11-18(27-28)21(22,23)24)26-20(29)15-8-7-14-9-16(12-25-17(14)10-15)13-5-3-2-4-6-13/h2-12H,1H3,(H,26,29). The molecule has 0 aliphatic heterocycles. The number of pyridine rings is 1. The van der Waals surface area contributed by atoms with Gasteiger partial charge in [-0.05, 0) is 23.8 Å². The van der Waals surface area contributed by atoms with Gasteiger partial charge in [-0.25, -0.2) is 0 Å². The van der Waals surface area contributed by atoms with Gasteiger partial charge in [0.2, 0.25) is 0 Å². The fraction of sp³-hybridized carbons (Fsp3) is 0.0952. The highest BCUT2D eigenvalue weighted by molar-refractivity contribution is 6.05. The number of carbonyl (C=O) groups excluding carboxylic acids is 1. The number of aromatic nitrogens is 3. The summed E-state index contributed by atoms with van der Waals surface area (Å²) in [5.74, 6) is -0.590. The summed E-state index contributed by atoms with van der Waals surface area (Å²) in [6.45, 7) is 0. The third-order valence-corrected chi connectivity index (χ3v) is 4.47. The van der Waals surface area contributed by atoms with Crippen molar-refractivity contribution in [2.24, 2.45) is 7.05 Å². The number of aryl methyl sites for hydroxylation is 1. The zero-order valence-electron chi connectivity index (χ0n) is 15.2. The molecule has 5 nitrogen and oxygen atoms in total. The maximum absolute atomic E-state index is 12.8. The van der Waals surface area contributed by atoms with E-state index in [-0.39, 0.29) is 11.4 Å². The fourth-order valence-corrected chi connectivity index (χ4v) is 2.96. The van der Waals surface area contributed by atoms with Crippen molar-refractivity contribution in [1.82, 2.24) is 14.8 Å². The molecule has 2 aromatic heterocycles. The third kappa shape index (κ3) is 3.82. The molecule has 0 fully saturated rings. The number of hydrogen-bond donors (Lipinski definition) is 1.